The molecule has 0 unspecified atom stereocenters. The third-order valence-electron chi connectivity index (χ3n) is 4.30. The molecule has 0 N–H and O–H groups in total. The molecule has 3 heterocycles. The van der Waals surface area contributed by atoms with Gasteiger partial charge in [0.15, 0.2) is 5.82 Å². The second-order valence-corrected chi connectivity index (χ2v) is 6.64. The summed E-state index contributed by atoms with van der Waals surface area (Å²) in [4.78, 5) is 20.8. The number of nitrogens with zero attached hydrogens (tertiary/aromatic N) is 7. The lowest BCUT2D eigenvalue weighted by Gasteiger charge is -2.32. The van der Waals surface area contributed by atoms with Gasteiger partial charge in [-0.1, -0.05) is 13.8 Å². The Morgan fingerprint density at radius 1 is 1.29 bits per heavy atom. The van der Waals surface area contributed by atoms with Crippen LogP contribution in [0.3, 0.4) is 0 Å². The number of rotatable bonds is 4. The van der Waals surface area contributed by atoms with Gasteiger partial charge in [-0.3, -0.25) is 4.79 Å². The number of fused-ring (bicyclic) bond motifs is 1. The molecule has 0 radical (unpaired) electrons. The molecule has 1 atom stereocenters. The van der Waals surface area contributed by atoms with Gasteiger partial charge in [-0.2, -0.15) is 10.2 Å². The van der Waals surface area contributed by atoms with Gasteiger partial charge in [0.2, 0.25) is 5.91 Å². The molecule has 1 amide bonds. The second-order valence-electron chi connectivity index (χ2n) is 6.64. The van der Waals surface area contributed by atoms with Gasteiger partial charge in [-0.25, -0.2) is 9.67 Å². The minimum Gasteiger partial charge on any atom is -0.361 e. The number of hydrogen-bond acceptors (Lipinski definition) is 6. The average Bonchev–Trinajstić information content (AvgIpc) is 3.07. The third kappa shape index (κ3) is 3.08. The summed E-state index contributed by atoms with van der Waals surface area (Å²) in [6.45, 7) is 5.26. The Bertz CT molecular complexity index is 711. The summed E-state index contributed by atoms with van der Waals surface area (Å²) in [6, 6.07) is 1.68. The zero-order chi connectivity index (χ0) is 17.3. The Morgan fingerprint density at radius 2 is 2.08 bits per heavy atom. The summed E-state index contributed by atoms with van der Waals surface area (Å²) in [5.41, 5.74) is 2.04. The highest BCUT2D eigenvalue weighted by Crippen LogP contribution is 2.25. The van der Waals surface area contributed by atoms with E-state index in [1.807, 2.05) is 43.8 Å². The summed E-state index contributed by atoms with van der Waals surface area (Å²) in [6.07, 6.45) is 3.80. The van der Waals surface area contributed by atoms with Crippen molar-refractivity contribution in [3.63, 3.8) is 0 Å². The van der Waals surface area contributed by atoms with E-state index in [1.165, 1.54) is 6.33 Å². The van der Waals surface area contributed by atoms with Crippen LogP contribution in [0.15, 0.2) is 18.7 Å². The molecule has 128 valence electrons. The van der Waals surface area contributed by atoms with Crippen molar-refractivity contribution in [3.8, 4) is 0 Å². The molecule has 0 saturated heterocycles. The van der Waals surface area contributed by atoms with Crippen LogP contribution in [0.2, 0.25) is 0 Å². The molecule has 0 spiro atoms. The lowest BCUT2D eigenvalue weighted by atomic mass is 10.0. The topological polar surface area (TPSA) is 80.0 Å². The normalized spacial score (nSPS) is 15.3. The number of aromatic nitrogens is 5. The number of anilines is 1. The fourth-order valence-electron chi connectivity index (χ4n) is 2.98. The van der Waals surface area contributed by atoms with Crippen LogP contribution in [-0.2, 0) is 17.8 Å². The fourth-order valence-corrected chi connectivity index (χ4v) is 2.98. The van der Waals surface area contributed by atoms with E-state index < -0.39 is 0 Å². The fraction of sp³-hybridized carbons (Fsp3) is 0.562. The van der Waals surface area contributed by atoms with Crippen LogP contribution in [0.5, 0.6) is 0 Å². The van der Waals surface area contributed by atoms with Crippen LogP contribution >= 0.6 is 0 Å². The molecule has 1 aliphatic heterocycles. The Labute approximate surface area is 141 Å². The Hall–Kier alpha value is -2.51. The molecule has 0 aromatic carbocycles. The highest BCUT2D eigenvalue weighted by molar-refractivity contribution is 5.81. The first kappa shape index (κ1) is 16.4. The van der Waals surface area contributed by atoms with Crippen LogP contribution in [0.25, 0.3) is 0 Å². The minimum absolute atomic E-state index is 0.0735. The van der Waals surface area contributed by atoms with Crippen molar-refractivity contribution >= 4 is 11.7 Å². The van der Waals surface area contributed by atoms with Crippen LogP contribution < -0.4 is 4.90 Å². The maximum Gasteiger partial charge on any atom is 0.248 e. The molecule has 0 aliphatic carbocycles. The zero-order valence-electron chi connectivity index (χ0n) is 14.5. The van der Waals surface area contributed by atoms with E-state index in [2.05, 4.69) is 20.3 Å². The molecule has 24 heavy (non-hydrogen) atoms. The van der Waals surface area contributed by atoms with E-state index in [0.29, 0.717) is 13.1 Å². The molecule has 0 bridgehead atoms. The maximum absolute atomic E-state index is 13.1. The second kappa shape index (κ2) is 6.54. The summed E-state index contributed by atoms with van der Waals surface area (Å²) >= 11 is 0. The van der Waals surface area contributed by atoms with Gasteiger partial charge < -0.3 is 9.80 Å². The van der Waals surface area contributed by atoms with Crippen molar-refractivity contribution in [3.05, 3.63) is 30.0 Å². The van der Waals surface area contributed by atoms with E-state index in [4.69, 9.17) is 0 Å². The molecule has 1 aliphatic rings. The summed E-state index contributed by atoms with van der Waals surface area (Å²) in [7, 11) is 3.86. The van der Waals surface area contributed by atoms with Crippen molar-refractivity contribution in [1.82, 2.24) is 29.9 Å². The van der Waals surface area contributed by atoms with Gasteiger partial charge >= 0.3 is 0 Å². The van der Waals surface area contributed by atoms with Crippen molar-refractivity contribution < 1.29 is 4.79 Å². The summed E-state index contributed by atoms with van der Waals surface area (Å²) in [5.74, 6) is 1.01. The number of hydrogen-bond donors (Lipinski definition) is 0. The van der Waals surface area contributed by atoms with E-state index >= 15 is 0 Å². The zero-order valence-corrected chi connectivity index (χ0v) is 14.5. The van der Waals surface area contributed by atoms with Crippen LogP contribution in [0.1, 0.15) is 31.1 Å². The van der Waals surface area contributed by atoms with Crippen molar-refractivity contribution in [2.45, 2.75) is 32.9 Å². The lowest BCUT2D eigenvalue weighted by Crippen LogP contribution is -2.42. The smallest absolute Gasteiger partial charge is 0.248 e. The van der Waals surface area contributed by atoms with Crippen LogP contribution in [0, 0.1) is 5.92 Å². The predicted octanol–water partition coefficient (Wildman–Crippen LogP) is 0.916. The summed E-state index contributed by atoms with van der Waals surface area (Å²) in [5, 5.41) is 12.7. The number of amides is 1. The molecule has 2 aromatic heterocycles. The van der Waals surface area contributed by atoms with E-state index in [0.717, 1.165) is 23.5 Å². The third-order valence-corrected chi connectivity index (χ3v) is 4.30. The van der Waals surface area contributed by atoms with Gasteiger partial charge in [-0.05, 0) is 17.5 Å². The minimum atomic E-state index is -0.336. The molecule has 0 fully saturated rings. The lowest BCUT2D eigenvalue weighted by molar-refractivity contribution is -0.137. The van der Waals surface area contributed by atoms with Crippen LogP contribution in [0.4, 0.5) is 5.82 Å². The van der Waals surface area contributed by atoms with Crippen molar-refractivity contribution in [1.29, 1.82) is 0 Å². The number of carbonyl (C=O) groups excluding carboxylic acids is 1. The molecule has 0 saturated carbocycles. The highest BCUT2D eigenvalue weighted by atomic mass is 16.2. The van der Waals surface area contributed by atoms with Gasteiger partial charge in [-0.15, -0.1) is 5.10 Å². The van der Waals surface area contributed by atoms with Gasteiger partial charge in [0.1, 0.15) is 18.7 Å². The molecule has 3 rings (SSSR count). The molecular formula is C16H23N7O. The Morgan fingerprint density at radius 3 is 2.71 bits per heavy atom. The van der Waals surface area contributed by atoms with Gasteiger partial charge in [0.05, 0.1) is 5.69 Å². The van der Waals surface area contributed by atoms with E-state index in [1.54, 1.807) is 11.0 Å². The SMILES string of the molecule is CC(C)[C@@H](C(=O)N1CCc2nnc(N(C)C)cc2C1)n1cncn1. The molecule has 8 nitrogen and oxygen atoms in total. The molecular weight excluding hydrogens is 306 g/mol. The van der Waals surface area contributed by atoms with E-state index in [-0.39, 0.29) is 17.9 Å². The largest absolute Gasteiger partial charge is 0.361 e. The first-order valence-electron chi connectivity index (χ1n) is 8.13. The first-order valence-corrected chi connectivity index (χ1v) is 8.13. The molecule has 2 aromatic rings. The predicted molar refractivity (Wildman–Crippen MR) is 89.4 cm³/mol. The summed E-state index contributed by atoms with van der Waals surface area (Å²) < 4.78 is 1.65. The average molecular weight is 329 g/mol. The van der Waals surface area contributed by atoms with Crippen molar-refractivity contribution in [2.75, 3.05) is 25.5 Å². The van der Waals surface area contributed by atoms with Crippen LogP contribution in [-0.4, -0.2) is 56.4 Å². The highest BCUT2D eigenvalue weighted by Gasteiger charge is 2.31. The van der Waals surface area contributed by atoms with Gasteiger partial charge in [0.25, 0.3) is 0 Å². The number of carbonyl (C=O) groups is 1. The first-order chi connectivity index (χ1) is 11.5. The monoisotopic (exact) mass is 329 g/mol. The van der Waals surface area contributed by atoms with Crippen molar-refractivity contribution in [2.24, 2.45) is 5.92 Å². The van der Waals surface area contributed by atoms with E-state index in [9.17, 15) is 4.79 Å². The van der Waals surface area contributed by atoms with Gasteiger partial charge in [0, 0.05) is 33.6 Å². The maximum atomic E-state index is 13.1. The Balaban J connectivity index is 1.83. The Kier molecular flexibility index (Phi) is 4.46. The standard InChI is InChI=1S/C16H23N7O/c1-11(2)15(23-10-17-9-18-23)16(24)22-6-5-13-12(8-22)7-14(20-19-13)21(3)4/h7,9-11,15H,5-6,8H2,1-4H3/t15-/m0/s1. The quantitative estimate of drug-likeness (QED) is 0.830. The molecule has 8 heteroatoms.